The van der Waals surface area contributed by atoms with E-state index in [0.717, 1.165) is 0 Å². The Kier molecular flexibility index (Phi) is 2.42. The number of carbonyl (C=O) groups excluding carboxylic acids is 1. The van der Waals surface area contributed by atoms with Crippen LogP contribution < -0.4 is 4.74 Å². The van der Waals surface area contributed by atoms with Crippen molar-refractivity contribution in [1.82, 2.24) is 0 Å². The zero-order valence-corrected chi connectivity index (χ0v) is 6.00. The minimum atomic E-state index is 0.449. The molecule has 1 aromatic carbocycles. The van der Waals surface area contributed by atoms with Gasteiger partial charge in [-0.2, -0.15) is 4.99 Å². The number of ether oxygens (including phenoxy) is 1. The van der Waals surface area contributed by atoms with E-state index in [9.17, 15) is 4.79 Å². The number of isocyanates is 1. The number of hydrogen-bond donors (Lipinski definition) is 0. The van der Waals surface area contributed by atoms with Crippen LogP contribution in [0.1, 0.15) is 0 Å². The summed E-state index contributed by atoms with van der Waals surface area (Å²) in [7, 11) is 1.51. The first kappa shape index (κ1) is 7.51. The fourth-order valence-corrected chi connectivity index (χ4v) is 0.717. The largest absolute Gasteiger partial charge is 0.494 e. The fourth-order valence-electron chi connectivity index (χ4n) is 0.717. The molecule has 0 bridgehead atoms. The summed E-state index contributed by atoms with van der Waals surface area (Å²) in [5.41, 5.74) is 0.449. The summed E-state index contributed by atoms with van der Waals surface area (Å²) in [6, 6.07) is 7.69. The molecular weight excluding hydrogens is 142 g/mol. The molecule has 0 saturated carbocycles. The Bertz CT molecular complexity index is 290. The van der Waals surface area contributed by atoms with Gasteiger partial charge in [0.1, 0.15) is 11.4 Å². The molecule has 1 aromatic rings. The van der Waals surface area contributed by atoms with Gasteiger partial charge in [-0.3, -0.25) is 0 Å². The van der Waals surface area contributed by atoms with E-state index >= 15 is 0 Å². The predicted molar refractivity (Wildman–Crippen MR) is 39.6 cm³/mol. The minimum absolute atomic E-state index is 0.449. The van der Waals surface area contributed by atoms with Gasteiger partial charge in [-0.25, -0.2) is 4.79 Å². The Balaban J connectivity index is 3.11. The average molecular weight is 148 g/mol. The van der Waals surface area contributed by atoms with E-state index in [1.54, 1.807) is 18.2 Å². The number of aliphatic imine (C=N–C) groups is 1. The van der Waals surface area contributed by atoms with E-state index in [-0.39, 0.29) is 0 Å². The van der Waals surface area contributed by atoms with Crippen LogP contribution >= 0.6 is 0 Å². The lowest BCUT2D eigenvalue weighted by Crippen LogP contribution is -1.81. The van der Waals surface area contributed by atoms with Crippen molar-refractivity contribution in [2.45, 2.75) is 0 Å². The van der Waals surface area contributed by atoms with Crippen LogP contribution in [0, 0.1) is 6.07 Å². The summed E-state index contributed by atoms with van der Waals surface area (Å²) in [6.45, 7) is 0. The average Bonchev–Trinajstić information content (AvgIpc) is 2.06. The maximum Gasteiger partial charge on any atom is 0.240 e. The third-order valence-corrected chi connectivity index (χ3v) is 1.19. The Morgan fingerprint density at radius 1 is 1.73 bits per heavy atom. The topological polar surface area (TPSA) is 38.7 Å². The standard InChI is InChI=1S/C8H6NO2/c1-11-8-5-3-2-4-7(8)9-6-10/h3-5H,1H3. The predicted octanol–water partition coefficient (Wildman–Crippen LogP) is 1.46. The third kappa shape index (κ3) is 1.66. The highest BCUT2D eigenvalue weighted by molar-refractivity contribution is 5.56. The smallest absolute Gasteiger partial charge is 0.240 e. The first-order chi connectivity index (χ1) is 5.38. The normalized spacial score (nSPS) is 8.45. The number of hydrogen-bond acceptors (Lipinski definition) is 3. The van der Waals surface area contributed by atoms with Crippen molar-refractivity contribution < 1.29 is 9.53 Å². The molecule has 0 fully saturated rings. The highest BCUT2D eigenvalue weighted by Gasteiger charge is 1.97. The lowest BCUT2D eigenvalue weighted by Gasteiger charge is -1.99. The molecule has 0 unspecified atom stereocenters. The van der Waals surface area contributed by atoms with Gasteiger partial charge in [0.2, 0.25) is 6.08 Å². The van der Waals surface area contributed by atoms with Crippen LogP contribution in [-0.2, 0) is 4.79 Å². The third-order valence-electron chi connectivity index (χ3n) is 1.19. The van der Waals surface area contributed by atoms with Crippen LogP contribution in [0.3, 0.4) is 0 Å². The second-order valence-corrected chi connectivity index (χ2v) is 1.80. The molecule has 0 atom stereocenters. The lowest BCUT2D eigenvalue weighted by molar-refractivity contribution is 0.416. The quantitative estimate of drug-likeness (QED) is 0.470. The summed E-state index contributed by atoms with van der Waals surface area (Å²) in [5.74, 6) is 0.548. The molecule has 0 N–H and O–H groups in total. The molecule has 0 aliphatic rings. The van der Waals surface area contributed by atoms with Crippen LogP contribution in [0.2, 0.25) is 0 Å². The Morgan fingerprint density at radius 3 is 3.18 bits per heavy atom. The first-order valence-corrected chi connectivity index (χ1v) is 3.00. The van der Waals surface area contributed by atoms with Gasteiger partial charge in [0.05, 0.1) is 7.11 Å². The lowest BCUT2D eigenvalue weighted by atomic mass is 10.3. The second-order valence-electron chi connectivity index (χ2n) is 1.80. The molecule has 55 valence electrons. The SMILES string of the molecule is COc1cc[c]cc1N=C=O. The van der Waals surface area contributed by atoms with E-state index in [1.807, 2.05) is 0 Å². The summed E-state index contributed by atoms with van der Waals surface area (Å²) in [5, 5.41) is 0. The number of benzene rings is 1. The molecule has 3 nitrogen and oxygen atoms in total. The van der Waals surface area contributed by atoms with Gasteiger partial charge in [0, 0.05) is 0 Å². The zero-order chi connectivity index (χ0) is 8.10. The van der Waals surface area contributed by atoms with Crippen molar-refractivity contribution >= 4 is 11.8 Å². The fraction of sp³-hybridized carbons (Fsp3) is 0.125. The molecule has 3 heteroatoms. The molecule has 0 aliphatic carbocycles. The van der Waals surface area contributed by atoms with Crippen LogP contribution in [-0.4, -0.2) is 13.2 Å². The van der Waals surface area contributed by atoms with Crippen LogP contribution in [0.4, 0.5) is 5.69 Å². The number of nitrogens with zero attached hydrogens (tertiary/aromatic N) is 1. The van der Waals surface area contributed by atoms with Crippen LogP contribution in [0.15, 0.2) is 23.2 Å². The molecular formula is C8H6NO2. The van der Waals surface area contributed by atoms with Gasteiger partial charge >= 0.3 is 0 Å². The molecule has 0 saturated heterocycles. The van der Waals surface area contributed by atoms with Crippen molar-refractivity contribution in [2.75, 3.05) is 7.11 Å². The van der Waals surface area contributed by atoms with Crippen molar-refractivity contribution in [2.24, 2.45) is 4.99 Å². The van der Waals surface area contributed by atoms with Gasteiger partial charge in [-0.15, -0.1) is 0 Å². The monoisotopic (exact) mass is 148 g/mol. The number of methoxy groups -OCH3 is 1. The summed E-state index contributed by atoms with van der Waals surface area (Å²) < 4.78 is 4.91. The van der Waals surface area contributed by atoms with Crippen molar-refractivity contribution in [3.8, 4) is 5.75 Å². The molecule has 1 radical (unpaired) electrons. The van der Waals surface area contributed by atoms with E-state index in [1.165, 1.54) is 13.2 Å². The molecule has 0 heterocycles. The van der Waals surface area contributed by atoms with E-state index in [4.69, 9.17) is 4.74 Å². The Hall–Kier alpha value is -1.60. The van der Waals surface area contributed by atoms with Gasteiger partial charge in [0.25, 0.3) is 0 Å². The van der Waals surface area contributed by atoms with Gasteiger partial charge in [-0.05, 0) is 18.2 Å². The second kappa shape index (κ2) is 3.54. The Morgan fingerprint density at radius 2 is 2.55 bits per heavy atom. The molecule has 0 aliphatic heterocycles. The van der Waals surface area contributed by atoms with Crippen molar-refractivity contribution in [3.63, 3.8) is 0 Å². The first-order valence-electron chi connectivity index (χ1n) is 3.00. The van der Waals surface area contributed by atoms with Gasteiger partial charge in [-0.1, -0.05) is 6.07 Å². The highest BCUT2D eigenvalue weighted by Crippen LogP contribution is 2.24. The number of rotatable bonds is 2. The highest BCUT2D eigenvalue weighted by atomic mass is 16.5. The van der Waals surface area contributed by atoms with Gasteiger partial charge in [0.15, 0.2) is 0 Å². The van der Waals surface area contributed by atoms with Crippen LogP contribution in [0.25, 0.3) is 0 Å². The van der Waals surface area contributed by atoms with Crippen molar-refractivity contribution in [1.29, 1.82) is 0 Å². The maximum atomic E-state index is 9.88. The molecule has 0 spiro atoms. The minimum Gasteiger partial charge on any atom is -0.494 e. The maximum absolute atomic E-state index is 9.88. The molecule has 0 amide bonds. The van der Waals surface area contributed by atoms with E-state index in [2.05, 4.69) is 11.1 Å². The zero-order valence-electron chi connectivity index (χ0n) is 6.00. The van der Waals surface area contributed by atoms with E-state index in [0.29, 0.717) is 11.4 Å². The van der Waals surface area contributed by atoms with Crippen LogP contribution in [0.5, 0.6) is 5.75 Å². The van der Waals surface area contributed by atoms with Crippen molar-refractivity contribution in [3.05, 3.63) is 24.3 Å². The summed E-state index contributed by atoms with van der Waals surface area (Å²) >= 11 is 0. The van der Waals surface area contributed by atoms with Gasteiger partial charge < -0.3 is 4.74 Å². The molecule has 1 rings (SSSR count). The Labute approximate surface area is 64.3 Å². The van der Waals surface area contributed by atoms with E-state index < -0.39 is 0 Å². The summed E-state index contributed by atoms with van der Waals surface area (Å²) in [4.78, 5) is 13.3. The summed E-state index contributed by atoms with van der Waals surface area (Å²) in [6.07, 6.45) is 1.43. The molecule has 0 aromatic heterocycles. The molecule has 11 heavy (non-hydrogen) atoms.